The van der Waals surface area contributed by atoms with E-state index in [0.29, 0.717) is 5.69 Å². The van der Waals surface area contributed by atoms with Crippen molar-refractivity contribution in [2.45, 2.75) is 13.0 Å². The number of hydrogen-bond donors (Lipinski definition) is 3. The van der Waals surface area contributed by atoms with Gasteiger partial charge in [0.1, 0.15) is 11.6 Å². The molecule has 1 atom stereocenters. The molecule has 0 saturated heterocycles. The highest BCUT2D eigenvalue weighted by Gasteiger charge is 2.15. The van der Waals surface area contributed by atoms with Gasteiger partial charge in [0.25, 0.3) is 5.91 Å². The lowest BCUT2D eigenvalue weighted by molar-refractivity contribution is 0.0936. The van der Waals surface area contributed by atoms with E-state index in [-0.39, 0.29) is 17.4 Å². The molecule has 4 N–H and O–H groups in total. The van der Waals surface area contributed by atoms with Crippen molar-refractivity contribution < 1.29 is 14.3 Å². The number of amides is 1. The van der Waals surface area contributed by atoms with Gasteiger partial charge in [-0.3, -0.25) is 4.79 Å². The van der Waals surface area contributed by atoms with Gasteiger partial charge in [0.05, 0.1) is 11.6 Å². The maximum atomic E-state index is 13.6. The van der Waals surface area contributed by atoms with Crippen molar-refractivity contribution in [3.05, 3.63) is 59.4 Å². The van der Waals surface area contributed by atoms with Crippen LogP contribution in [0.15, 0.2) is 42.5 Å². The van der Waals surface area contributed by atoms with Crippen LogP contribution in [0.2, 0.25) is 0 Å². The molecule has 2 aromatic carbocycles. The van der Waals surface area contributed by atoms with E-state index in [1.54, 1.807) is 25.1 Å². The average Bonchev–Trinajstić information content (AvgIpc) is 2.38. The summed E-state index contributed by atoms with van der Waals surface area (Å²) in [5.41, 5.74) is 6.99. The first-order chi connectivity index (χ1) is 9.47. The van der Waals surface area contributed by atoms with E-state index in [1.807, 2.05) is 6.07 Å². The zero-order valence-electron chi connectivity index (χ0n) is 10.9. The molecular weight excluding hydrogens is 259 g/mol. The summed E-state index contributed by atoms with van der Waals surface area (Å²) in [4.78, 5) is 12.0. The first-order valence-corrected chi connectivity index (χ1v) is 6.12. The molecule has 0 aliphatic heterocycles. The van der Waals surface area contributed by atoms with Crippen LogP contribution in [-0.4, -0.2) is 11.0 Å². The van der Waals surface area contributed by atoms with Gasteiger partial charge >= 0.3 is 0 Å². The average molecular weight is 274 g/mol. The van der Waals surface area contributed by atoms with Gasteiger partial charge in [-0.1, -0.05) is 12.1 Å². The number of carbonyl (C=O) groups is 1. The van der Waals surface area contributed by atoms with Gasteiger partial charge in [0, 0.05) is 11.8 Å². The normalized spacial score (nSPS) is 11.9. The molecule has 0 fully saturated rings. The monoisotopic (exact) mass is 274 g/mol. The molecule has 1 amide bonds. The maximum absolute atomic E-state index is 13.6. The van der Waals surface area contributed by atoms with Crippen LogP contribution in [0, 0.1) is 5.82 Å². The van der Waals surface area contributed by atoms with Gasteiger partial charge in [-0.25, -0.2) is 4.39 Å². The molecular formula is C15H15FN2O2. The quantitative estimate of drug-likeness (QED) is 0.753. The molecule has 0 aliphatic carbocycles. The van der Waals surface area contributed by atoms with Crippen LogP contribution in [0.5, 0.6) is 5.75 Å². The smallest absolute Gasteiger partial charge is 0.254 e. The number of hydrogen-bond acceptors (Lipinski definition) is 3. The van der Waals surface area contributed by atoms with Crippen molar-refractivity contribution in [3.8, 4) is 5.75 Å². The Labute approximate surface area is 116 Å². The van der Waals surface area contributed by atoms with E-state index in [9.17, 15) is 9.18 Å². The summed E-state index contributed by atoms with van der Waals surface area (Å²) in [6.45, 7) is 1.78. The van der Waals surface area contributed by atoms with Crippen LogP contribution in [0.1, 0.15) is 28.9 Å². The second-order valence-electron chi connectivity index (χ2n) is 4.53. The van der Waals surface area contributed by atoms with Crippen molar-refractivity contribution in [1.82, 2.24) is 5.32 Å². The van der Waals surface area contributed by atoms with Crippen LogP contribution < -0.4 is 11.1 Å². The molecule has 104 valence electrons. The number of halogens is 1. The number of nitrogens with one attached hydrogen (secondary N) is 1. The predicted molar refractivity (Wildman–Crippen MR) is 74.8 cm³/mol. The molecule has 4 nitrogen and oxygen atoms in total. The van der Waals surface area contributed by atoms with E-state index in [2.05, 4.69) is 5.32 Å². The number of aromatic hydroxyl groups is 1. The molecule has 0 saturated carbocycles. The van der Waals surface area contributed by atoms with Gasteiger partial charge in [0.15, 0.2) is 0 Å². The number of anilines is 1. The summed E-state index contributed by atoms with van der Waals surface area (Å²) in [5.74, 6) is -1.53. The van der Waals surface area contributed by atoms with E-state index in [1.165, 1.54) is 12.1 Å². The second-order valence-corrected chi connectivity index (χ2v) is 4.53. The van der Waals surface area contributed by atoms with Crippen LogP contribution >= 0.6 is 0 Å². The molecule has 20 heavy (non-hydrogen) atoms. The summed E-state index contributed by atoms with van der Waals surface area (Å²) < 4.78 is 13.6. The third-order valence-corrected chi connectivity index (χ3v) is 2.96. The summed E-state index contributed by atoms with van der Waals surface area (Å²) in [7, 11) is 0. The molecule has 0 aliphatic rings. The highest BCUT2D eigenvalue weighted by atomic mass is 19.1. The number of rotatable bonds is 3. The fraction of sp³-hybridized carbons (Fsp3) is 0.133. The van der Waals surface area contributed by atoms with Crippen molar-refractivity contribution in [2.24, 2.45) is 0 Å². The zero-order chi connectivity index (χ0) is 14.7. The number of benzene rings is 2. The van der Waals surface area contributed by atoms with Crippen molar-refractivity contribution in [2.75, 3.05) is 5.73 Å². The molecule has 2 rings (SSSR count). The van der Waals surface area contributed by atoms with Gasteiger partial charge in [-0.15, -0.1) is 0 Å². The van der Waals surface area contributed by atoms with E-state index < -0.39 is 11.7 Å². The largest absolute Gasteiger partial charge is 0.508 e. The fourth-order valence-corrected chi connectivity index (χ4v) is 1.87. The topological polar surface area (TPSA) is 75.3 Å². The third-order valence-electron chi connectivity index (χ3n) is 2.96. The fourth-order valence-electron chi connectivity index (χ4n) is 1.87. The molecule has 0 aromatic heterocycles. The zero-order valence-corrected chi connectivity index (χ0v) is 10.9. The molecule has 1 unspecified atom stereocenters. The Bertz CT molecular complexity index is 644. The Morgan fingerprint density at radius 1 is 1.30 bits per heavy atom. The Balaban J connectivity index is 2.15. The number of nitrogens with two attached hydrogens (primary N) is 1. The standard InChI is InChI=1S/C15H15FN2O2/c1-9(10-3-2-4-11(17)7-10)18-15(20)13-6-5-12(19)8-14(13)16/h2-9,19H,17H2,1H3,(H,18,20). The number of nitrogen functional groups attached to an aromatic ring is 1. The number of phenolic OH excluding ortho intramolecular Hbond substituents is 1. The summed E-state index contributed by atoms with van der Waals surface area (Å²) >= 11 is 0. The van der Waals surface area contributed by atoms with Crippen molar-refractivity contribution in [1.29, 1.82) is 0 Å². The van der Waals surface area contributed by atoms with E-state index in [4.69, 9.17) is 10.8 Å². The van der Waals surface area contributed by atoms with Gasteiger partial charge in [-0.2, -0.15) is 0 Å². The molecule has 0 radical (unpaired) electrons. The Hall–Kier alpha value is -2.56. The lowest BCUT2D eigenvalue weighted by atomic mass is 10.1. The molecule has 5 heteroatoms. The minimum Gasteiger partial charge on any atom is -0.508 e. The number of phenols is 1. The minimum atomic E-state index is -0.762. The Kier molecular flexibility index (Phi) is 3.89. The SMILES string of the molecule is CC(NC(=O)c1ccc(O)cc1F)c1cccc(N)c1. The molecule has 0 bridgehead atoms. The first-order valence-electron chi connectivity index (χ1n) is 6.12. The lowest BCUT2D eigenvalue weighted by Gasteiger charge is -2.15. The second kappa shape index (κ2) is 5.61. The summed E-state index contributed by atoms with van der Waals surface area (Å²) in [5, 5.41) is 11.8. The van der Waals surface area contributed by atoms with Gasteiger partial charge in [0.2, 0.25) is 0 Å². The molecule has 2 aromatic rings. The third kappa shape index (κ3) is 3.06. The Morgan fingerprint density at radius 3 is 2.70 bits per heavy atom. The van der Waals surface area contributed by atoms with Crippen molar-refractivity contribution >= 4 is 11.6 Å². The molecule has 0 heterocycles. The van der Waals surface area contributed by atoms with Crippen LogP contribution in [0.4, 0.5) is 10.1 Å². The van der Waals surface area contributed by atoms with E-state index in [0.717, 1.165) is 11.6 Å². The van der Waals surface area contributed by atoms with Crippen LogP contribution in [0.25, 0.3) is 0 Å². The van der Waals surface area contributed by atoms with Gasteiger partial charge in [-0.05, 0) is 36.8 Å². The maximum Gasteiger partial charge on any atom is 0.254 e. The summed E-state index contributed by atoms with van der Waals surface area (Å²) in [6, 6.07) is 10.2. The first kappa shape index (κ1) is 13.9. The highest BCUT2D eigenvalue weighted by molar-refractivity contribution is 5.94. The van der Waals surface area contributed by atoms with Gasteiger partial charge < -0.3 is 16.2 Å². The van der Waals surface area contributed by atoms with Crippen molar-refractivity contribution in [3.63, 3.8) is 0 Å². The summed E-state index contributed by atoms with van der Waals surface area (Å²) in [6.07, 6.45) is 0. The number of carbonyl (C=O) groups excluding carboxylic acids is 1. The predicted octanol–water partition coefficient (Wildman–Crippen LogP) is 2.60. The van der Waals surface area contributed by atoms with E-state index >= 15 is 0 Å². The lowest BCUT2D eigenvalue weighted by Crippen LogP contribution is -2.27. The Morgan fingerprint density at radius 2 is 2.05 bits per heavy atom. The van der Waals surface area contributed by atoms with Crippen LogP contribution in [-0.2, 0) is 0 Å². The minimum absolute atomic E-state index is 0.112. The highest BCUT2D eigenvalue weighted by Crippen LogP contribution is 2.18. The van der Waals surface area contributed by atoms with Crippen LogP contribution in [0.3, 0.4) is 0 Å². The molecule has 0 spiro atoms.